The number of rotatable bonds is 3. The van der Waals surface area contributed by atoms with Gasteiger partial charge in [0.25, 0.3) is 0 Å². The Kier molecular flexibility index (Phi) is 3.34. The summed E-state index contributed by atoms with van der Waals surface area (Å²) in [6, 6.07) is 15.9. The van der Waals surface area contributed by atoms with Gasteiger partial charge in [-0.1, -0.05) is 30.3 Å². The van der Waals surface area contributed by atoms with Crippen LogP contribution in [0.1, 0.15) is 44.8 Å². The zero-order valence-corrected chi connectivity index (χ0v) is 12.8. The largest absolute Gasteiger partial charge is 0.333 e. The molecule has 0 N–H and O–H groups in total. The van der Waals surface area contributed by atoms with Gasteiger partial charge in [-0.3, -0.25) is 9.59 Å². The Morgan fingerprint density at radius 1 is 1.04 bits per heavy atom. The van der Waals surface area contributed by atoms with Gasteiger partial charge in [-0.05, 0) is 42.2 Å². The predicted molar refractivity (Wildman–Crippen MR) is 90.1 cm³/mol. The molecule has 0 unspecified atom stereocenters. The van der Waals surface area contributed by atoms with Crippen LogP contribution in [0.15, 0.2) is 48.5 Å². The van der Waals surface area contributed by atoms with Gasteiger partial charge in [0.05, 0.1) is 5.69 Å². The van der Waals surface area contributed by atoms with Crippen molar-refractivity contribution < 1.29 is 9.59 Å². The highest BCUT2D eigenvalue weighted by Crippen LogP contribution is 2.33. The van der Waals surface area contributed by atoms with E-state index in [2.05, 4.69) is 16.7 Å². The first-order valence-electron chi connectivity index (χ1n) is 7.95. The molecule has 23 heavy (non-hydrogen) atoms. The fourth-order valence-electron chi connectivity index (χ4n) is 3.56. The first-order chi connectivity index (χ1) is 11.3. The van der Waals surface area contributed by atoms with E-state index in [1.165, 1.54) is 5.56 Å². The maximum atomic E-state index is 12.5. The number of fused-ring (bicyclic) bond motifs is 3. The number of Topliss-reactive ketones (excluding diaryl/α,β-unsaturated/α-hetero) is 1. The van der Waals surface area contributed by atoms with Crippen molar-refractivity contribution in [3.8, 4) is 0 Å². The Balaban J connectivity index is 1.96. The number of hydrogen-bond acceptors (Lipinski definition) is 2. The van der Waals surface area contributed by atoms with Crippen LogP contribution in [-0.2, 0) is 13.0 Å². The van der Waals surface area contributed by atoms with Gasteiger partial charge in [-0.25, -0.2) is 0 Å². The number of aromatic nitrogens is 1. The first kappa shape index (κ1) is 13.9. The summed E-state index contributed by atoms with van der Waals surface area (Å²) in [6.45, 7) is 0.679. The smallest absolute Gasteiger partial charge is 0.179 e. The van der Waals surface area contributed by atoms with Crippen molar-refractivity contribution in [1.29, 1.82) is 0 Å². The highest BCUT2D eigenvalue weighted by atomic mass is 16.1. The highest BCUT2D eigenvalue weighted by molar-refractivity contribution is 6.04. The van der Waals surface area contributed by atoms with E-state index in [-0.39, 0.29) is 5.78 Å². The van der Waals surface area contributed by atoms with E-state index >= 15 is 0 Å². The molecule has 1 heterocycles. The second-order valence-corrected chi connectivity index (χ2v) is 6.07. The summed E-state index contributed by atoms with van der Waals surface area (Å²) in [5.41, 5.74) is 4.81. The monoisotopic (exact) mass is 303 g/mol. The van der Waals surface area contributed by atoms with Crippen LogP contribution >= 0.6 is 0 Å². The number of aldehydes is 1. The zero-order valence-electron chi connectivity index (χ0n) is 12.8. The second-order valence-electron chi connectivity index (χ2n) is 6.07. The van der Waals surface area contributed by atoms with Crippen LogP contribution in [-0.4, -0.2) is 16.6 Å². The Labute approximate surface area is 134 Å². The third-order valence-electron chi connectivity index (χ3n) is 4.61. The van der Waals surface area contributed by atoms with Gasteiger partial charge < -0.3 is 4.57 Å². The maximum Gasteiger partial charge on any atom is 0.179 e. The maximum absolute atomic E-state index is 12.5. The molecule has 0 saturated carbocycles. The molecule has 1 aliphatic rings. The molecule has 0 bridgehead atoms. The Bertz CT molecular complexity index is 906. The van der Waals surface area contributed by atoms with Gasteiger partial charge in [-0.2, -0.15) is 0 Å². The molecule has 0 spiro atoms. The third kappa shape index (κ3) is 2.29. The van der Waals surface area contributed by atoms with E-state index in [9.17, 15) is 9.59 Å². The lowest BCUT2D eigenvalue weighted by atomic mass is 9.94. The second kappa shape index (κ2) is 5.51. The third-order valence-corrected chi connectivity index (χ3v) is 4.61. The quantitative estimate of drug-likeness (QED) is 0.685. The number of carbonyl (C=O) groups excluding carboxylic acids is 2. The summed E-state index contributed by atoms with van der Waals surface area (Å²) in [4.78, 5) is 23.6. The van der Waals surface area contributed by atoms with Crippen LogP contribution in [0.2, 0.25) is 0 Å². The lowest BCUT2D eigenvalue weighted by molar-refractivity contribution is 0.0963. The summed E-state index contributed by atoms with van der Waals surface area (Å²) in [5, 5.41) is 1.05. The van der Waals surface area contributed by atoms with Gasteiger partial charge in [0.2, 0.25) is 0 Å². The first-order valence-corrected chi connectivity index (χ1v) is 7.95. The lowest BCUT2D eigenvalue weighted by Crippen LogP contribution is -2.15. The number of ketones is 1. The number of nitrogens with zero attached hydrogens (tertiary/aromatic N) is 1. The molecule has 0 fully saturated rings. The summed E-state index contributed by atoms with van der Waals surface area (Å²) < 4.78 is 2.12. The van der Waals surface area contributed by atoms with Crippen LogP contribution in [0, 0.1) is 0 Å². The normalized spacial score (nSPS) is 14.0. The molecule has 0 radical (unpaired) electrons. The van der Waals surface area contributed by atoms with Crippen LogP contribution in [0.3, 0.4) is 0 Å². The molecule has 0 amide bonds. The zero-order chi connectivity index (χ0) is 15.8. The molecule has 3 heteroatoms. The van der Waals surface area contributed by atoms with Crippen molar-refractivity contribution in [3.05, 3.63) is 70.9 Å². The number of aryl methyl sites for hydroxylation is 1. The molecule has 3 nitrogen and oxygen atoms in total. The predicted octanol–water partition coefficient (Wildman–Crippen LogP) is 4.02. The van der Waals surface area contributed by atoms with Crippen molar-refractivity contribution in [2.75, 3.05) is 0 Å². The Hall–Kier alpha value is -2.68. The fraction of sp³-hybridized carbons (Fsp3) is 0.200. The number of benzene rings is 2. The van der Waals surface area contributed by atoms with Gasteiger partial charge in [0, 0.05) is 29.4 Å². The van der Waals surface area contributed by atoms with E-state index < -0.39 is 0 Å². The van der Waals surface area contributed by atoms with Gasteiger partial charge >= 0.3 is 0 Å². The minimum Gasteiger partial charge on any atom is -0.333 e. The Morgan fingerprint density at radius 2 is 1.87 bits per heavy atom. The van der Waals surface area contributed by atoms with Crippen molar-refractivity contribution >= 4 is 23.0 Å². The summed E-state index contributed by atoms with van der Waals surface area (Å²) >= 11 is 0. The van der Waals surface area contributed by atoms with E-state index in [4.69, 9.17) is 0 Å². The SMILES string of the molecule is O=Cc1ccc2c(c1)c1c(n2Cc2ccccc2)C(=O)CCC1. The van der Waals surface area contributed by atoms with Crippen LogP contribution < -0.4 is 0 Å². The topological polar surface area (TPSA) is 39.1 Å². The van der Waals surface area contributed by atoms with Crippen LogP contribution in [0.5, 0.6) is 0 Å². The van der Waals surface area contributed by atoms with E-state index in [0.717, 1.165) is 41.3 Å². The van der Waals surface area contributed by atoms with E-state index in [1.807, 2.05) is 36.4 Å². The van der Waals surface area contributed by atoms with Crippen molar-refractivity contribution in [1.82, 2.24) is 4.57 Å². The minimum absolute atomic E-state index is 0.214. The molecule has 4 rings (SSSR count). The lowest BCUT2D eigenvalue weighted by Gasteiger charge is -2.15. The number of carbonyl (C=O) groups is 2. The molecular formula is C20H17NO2. The molecule has 1 aromatic heterocycles. The van der Waals surface area contributed by atoms with Crippen molar-refractivity contribution in [2.24, 2.45) is 0 Å². The summed E-state index contributed by atoms with van der Waals surface area (Å²) in [6.07, 6.45) is 3.27. The fourth-order valence-corrected chi connectivity index (χ4v) is 3.56. The minimum atomic E-state index is 0.214. The molecule has 0 aliphatic heterocycles. The number of hydrogen-bond donors (Lipinski definition) is 0. The Morgan fingerprint density at radius 3 is 2.65 bits per heavy atom. The molecular weight excluding hydrogens is 286 g/mol. The van der Waals surface area contributed by atoms with Gasteiger partial charge in [-0.15, -0.1) is 0 Å². The van der Waals surface area contributed by atoms with Gasteiger partial charge in [0.15, 0.2) is 5.78 Å². The molecule has 0 atom stereocenters. The van der Waals surface area contributed by atoms with Crippen LogP contribution in [0.4, 0.5) is 0 Å². The van der Waals surface area contributed by atoms with E-state index in [0.29, 0.717) is 18.5 Å². The molecule has 3 aromatic rings. The molecule has 114 valence electrons. The average molecular weight is 303 g/mol. The van der Waals surface area contributed by atoms with Crippen molar-refractivity contribution in [2.45, 2.75) is 25.8 Å². The van der Waals surface area contributed by atoms with E-state index in [1.54, 1.807) is 0 Å². The van der Waals surface area contributed by atoms with Gasteiger partial charge in [0.1, 0.15) is 6.29 Å². The standard InChI is InChI=1S/C20H17NO2/c22-13-15-9-10-18-17(11-15)16-7-4-8-19(23)20(16)21(18)12-14-5-2-1-3-6-14/h1-3,5-6,9-11,13H,4,7-8,12H2. The summed E-state index contributed by atoms with van der Waals surface area (Å²) in [5.74, 6) is 0.214. The molecule has 1 aliphatic carbocycles. The molecule has 2 aromatic carbocycles. The molecule has 0 saturated heterocycles. The highest BCUT2D eigenvalue weighted by Gasteiger charge is 2.26. The van der Waals surface area contributed by atoms with Crippen LogP contribution in [0.25, 0.3) is 10.9 Å². The van der Waals surface area contributed by atoms with Crippen molar-refractivity contribution in [3.63, 3.8) is 0 Å². The summed E-state index contributed by atoms with van der Waals surface area (Å²) in [7, 11) is 0. The average Bonchev–Trinajstić information content (AvgIpc) is 2.90.